The standard InChI is InChI=1S/C38H36FN5O8S/c1-21(2)33(38(47)50-4)42-31(45)14-16-44(53(48)49)20-25-18-30-28(32(36(46)40-3)34(51-30)22-10-12-26(39)13-11-22)19-27(25)23-7-5-8-24(17-23)37-43-35-29(52-37)9-6-15-41-35/h5-13,15,17-19,21,33H,14,16,20H2,1-4H3,(H,40,46)(H,42,45)(H,48,49)/p-1. The molecule has 0 fully saturated rings. The van der Waals surface area contributed by atoms with E-state index in [-0.39, 0.29) is 42.3 Å². The third-order valence-corrected chi connectivity index (χ3v) is 9.38. The van der Waals surface area contributed by atoms with E-state index in [2.05, 4.69) is 20.6 Å². The molecule has 3 aromatic carbocycles. The van der Waals surface area contributed by atoms with Gasteiger partial charge in [-0.05, 0) is 83.3 Å². The van der Waals surface area contributed by atoms with Gasteiger partial charge in [-0.3, -0.25) is 13.8 Å². The highest BCUT2D eigenvalue weighted by atomic mass is 32.2. The Morgan fingerprint density at radius 1 is 0.981 bits per heavy atom. The maximum Gasteiger partial charge on any atom is 0.328 e. The van der Waals surface area contributed by atoms with Crippen LogP contribution in [0.2, 0.25) is 0 Å². The van der Waals surface area contributed by atoms with Crippen LogP contribution in [0.4, 0.5) is 4.39 Å². The lowest BCUT2D eigenvalue weighted by Gasteiger charge is -2.26. The van der Waals surface area contributed by atoms with Crippen molar-refractivity contribution in [1.82, 2.24) is 24.9 Å². The molecule has 2 atom stereocenters. The summed E-state index contributed by atoms with van der Waals surface area (Å²) in [4.78, 5) is 47.2. The number of ether oxygens (including phenoxy) is 1. The molecule has 274 valence electrons. The first-order chi connectivity index (χ1) is 25.5. The van der Waals surface area contributed by atoms with Gasteiger partial charge in [-0.1, -0.05) is 26.0 Å². The van der Waals surface area contributed by atoms with E-state index in [1.165, 1.54) is 38.4 Å². The maximum atomic E-state index is 13.9. The van der Waals surface area contributed by atoms with Gasteiger partial charge in [0.15, 0.2) is 11.2 Å². The Morgan fingerprint density at radius 3 is 2.42 bits per heavy atom. The lowest BCUT2D eigenvalue weighted by Crippen LogP contribution is -2.45. The molecule has 3 heterocycles. The molecule has 0 radical (unpaired) electrons. The van der Waals surface area contributed by atoms with Crippen LogP contribution < -0.4 is 10.6 Å². The predicted octanol–water partition coefficient (Wildman–Crippen LogP) is 5.77. The first-order valence-electron chi connectivity index (χ1n) is 16.6. The van der Waals surface area contributed by atoms with Crippen LogP contribution in [0.3, 0.4) is 0 Å². The second-order valence-corrected chi connectivity index (χ2v) is 13.4. The zero-order chi connectivity index (χ0) is 37.8. The summed E-state index contributed by atoms with van der Waals surface area (Å²) in [5, 5.41) is 5.70. The highest BCUT2D eigenvalue weighted by Crippen LogP contribution is 2.39. The fourth-order valence-corrected chi connectivity index (χ4v) is 6.43. The average Bonchev–Trinajstić information content (AvgIpc) is 3.76. The van der Waals surface area contributed by atoms with Gasteiger partial charge in [0.2, 0.25) is 11.8 Å². The Hall–Kier alpha value is -5.77. The molecule has 6 rings (SSSR count). The Balaban J connectivity index is 1.44. The van der Waals surface area contributed by atoms with E-state index in [4.69, 9.17) is 13.6 Å². The number of nitrogens with one attached hydrogen (secondary N) is 2. The molecule has 13 nitrogen and oxygen atoms in total. The largest absolute Gasteiger partial charge is 0.760 e. The van der Waals surface area contributed by atoms with Crippen molar-refractivity contribution < 1.29 is 41.1 Å². The summed E-state index contributed by atoms with van der Waals surface area (Å²) in [6.07, 6.45) is 1.36. The number of pyridine rings is 1. The van der Waals surface area contributed by atoms with Gasteiger partial charge in [0.05, 0.1) is 12.7 Å². The fourth-order valence-electron chi connectivity index (χ4n) is 5.94. The monoisotopic (exact) mass is 740 g/mol. The van der Waals surface area contributed by atoms with Crippen LogP contribution in [-0.2, 0) is 32.1 Å². The number of hydrogen-bond donors (Lipinski definition) is 2. The van der Waals surface area contributed by atoms with Crippen molar-refractivity contribution >= 4 is 51.2 Å². The molecule has 0 bridgehead atoms. The number of amides is 2. The smallest absolute Gasteiger partial charge is 0.328 e. The average molecular weight is 741 g/mol. The minimum atomic E-state index is -2.78. The molecule has 0 spiro atoms. The number of aromatic nitrogens is 2. The van der Waals surface area contributed by atoms with Gasteiger partial charge in [0.1, 0.15) is 23.2 Å². The molecule has 0 saturated carbocycles. The zero-order valence-electron chi connectivity index (χ0n) is 29.2. The van der Waals surface area contributed by atoms with Gasteiger partial charge >= 0.3 is 5.97 Å². The van der Waals surface area contributed by atoms with Crippen LogP contribution in [0, 0.1) is 11.7 Å². The fraction of sp³-hybridized carbons (Fsp3) is 0.237. The summed E-state index contributed by atoms with van der Waals surface area (Å²) < 4.78 is 57.2. The van der Waals surface area contributed by atoms with Gasteiger partial charge in [0, 0.05) is 60.5 Å². The van der Waals surface area contributed by atoms with Gasteiger partial charge in [0.25, 0.3) is 5.91 Å². The number of methoxy groups -OCH3 is 1. The SMILES string of the molecule is CNC(=O)c1c(-c2ccc(F)cc2)oc2cc(CN(CCC(=O)NC(C(=O)OC)C(C)C)S(=O)[O-])c(-c3cccc(-c4nc5ncccc5o4)c3)cc12. The molecule has 2 unspecified atom stereocenters. The summed E-state index contributed by atoms with van der Waals surface area (Å²) in [6.45, 7) is 3.09. The molecule has 15 heteroatoms. The zero-order valence-corrected chi connectivity index (χ0v) is 30.0. The van der Waals surface area contributed by atoms with Crippen LogP contribution >= 0.6 is 0 Å². The summed E-state index contributed by atoms with van der Waals surface area (Å²) in [5.41, 5.74) is 4.14. The van der Waals surface area contributed by atoms with Gasteiger partial charge in [-0.25, -0.2) is 18.5 Å². The van der Waals surface area contributed by atoms with Gasteiger partial charge in [-0.2, -0.15) is 4.98 Å². The van der Waals surface area contributed by atoms with Crippen LogP contribution in [-0.4, -0.2) is 67.6 Å². The number of benzene rings is 3. The summed E-state index contributed by atoms with van der Waals surface area (Å²) >= 11 is -2.78. The molecule has 0 aliphatic carbocycles. The van der Waals surface area contributed by atoms with Crippen molar-refractivity contribution in [1.29, 1.82) is 0 Å². The van der Waals surface area contributed by atoms with E-state index >= 15 is 0 Å². The topological polar surface area (TPSA) is 180 Å². The van der Waals surface area contributed by atoms with Crippen molar-refractivity contribution in [3.8, 4) is 33.9 Å². The molecule has 53 heavy (non-hydrogen) atoms. The molecule has 2 amide bonds. The molecule has 0 saturated heterocycles. The summed E-state index contributed by atoms with van der Waals surface area (Å²) in [5.74, 6) is -1.81. The lowest BCUT2D eigenvalue weighted by atomic mass is 9.94. The van der Waals surface area contributed by atoms with E-state index in [1.54, 1.807) is 50.4 Å². The number of furan rings is 1. The highest BCUT2D eigenvalue weighted by molar-refractivity contribution is 7.76. The number of nitrogens with zero attached hydrogens (tertiary/aromatic N) is 3. The first kappa shape index (κ1) is 37.0. The third kappa shape index (κ3) is 8.01. The Morgan fingerprint density at radius 2 is 1.74 bits per heavy atom. The van der Waals surface area contributed by atoms with E-state index in [9.17, 15) is 27.5 Å². The van der Waals surface area contributed by atoms with Crippen molar-refractivity contribution in [2.24, 2.45) is 5.92 Å². The van der Waals surface area contributed by atoms with Crippen LogP contribution in [0.25, 0.3) is 56.1 Å². The minimum Gasteiger partial charge on any atom is -0.760 e. The second kappa shape index (κ2) is 15.9. The minimum absolute atomic E-state index is 0.196. The molecular formula is C38H35FN5O8S-. The van der Waals surface area contributed by atoms with Crippen LogP contribution in [0.5, 0.6) is 0 Å². The number of fused-ring (bicyclic) bond motifs is 2. The lowest BCUT2D eigenvalue weighted by molar-refractivity contribution is -0.146. The van der Waals surface area contributed by atoms with Gasteiger partial charge in [-0.15, -0.1) is 0 Å². The van der Waals surface area contributed by atoms with Crippen molar-refractivity contribution in [3.63, 3.8) is 0 Å². The number of carbonyl (C=O) groups is 3. The maximum absolute atomic E-state index is 13.9. The predicted molar refractivity (Wildman–Crippen MR) is 194 cm³/mol. The van der Waals surface area contributed by atoms with E-state index < -0.39 is 40.9 Å². The number of esters is 1. The number of halogens is 1. The normalized spacial score (nSPS) is 12.7. The van der Waals surface area contributed by atoms with Crippen molar-refractivity contribution in [3.05, 3.63) is 95.9 Å². The number of oxazole rings is 1. The van der Waals surface area contributed by atoms with Crippen LogP contribution in [0.15, 0.2) is 87.8 Å². The molecule has 3 aromatic heterocycles. The molecule has 2 N–H and O–H groups in total. The highest BCUT2D eigenvalue weighted by Gasteiger charge is 2.27. The van der Waals surface area contributed by atoms with Gasteiger partial charge < -0.3 is 28.8 Å². The van der Waals surface area contributed by atoms with E-state index in [0.717, 1.165) is 4.31 Å². The molecule has 0 aliphatic rings. The third-order valence-electron chi connectivity index (χ3n) is 8.64. The van der Waals surface area contributed by atoms with Crippen molar-refractivity contribution in [2.75, 3.05) is 20.7 Å². The molecule has 0 aliphatic heterocycles. The Bertz CT molecular complexity index is 2310. The second-order valence-electron chi connectivity index (χ2n) is 12.5. The first-order valence-corrected chi connectivity index (χ1v) is 17.6. The quantitative estimate of drug-likeness (QED) is 0.109. The number of hydrogen-bond acceptors (Lipinski definition) is 10. The Labute approximate surface area is 306 Å². The van der Waals surface area contributed by atoms with E-state index in [1.807, 2.05) is 18.2 Å². The number of carbonyl (C=O) groups excluding carboxylic acids is 3. The Kier molecular flexibility index (Phi) is 11.1. The van der Waals surface area contributed by atoms with E-state index in [0.29, 0.717) is 50.3 Å². The van der Waals surface area contributed by atoms with Crippen molar-refractivity contribution in [2.45, 2.75) is 32.9 Å². The van der Waals surface area contributed by atoms with Crippen LogP contribution in [0.1, 0.15) is 36.2 Å². The molecule has 6 aromatic rings. The summed E-state index contributed by atoms with van der Waals surface area (Å²) in [7, 11) is 2.70. The summed E-state index contributed by atoms with van der Waals surface area (Å²) in [6, 6.07) is 18.7. The number of rotatable bonds is 13. The molecular weight excluding hydrogens is 706 g/mol.